The van der Waals surface area contributed by atoms with Crippen LogP contribution in [0.5, 0.6) is 0 Å². The van der Waals surface area contributed by atoms with Crippen molar-refractivity contribution in [2.75, 3.05) is 31.2 Å². The molecular weight excluding hydrogens is 346 g/mol. The van der Waals surface area contributed by atoms with Gasteiger partial charge >= 0.3 is 0 Å². The molecule has 5 rings (SSSR count). The van der Waals surface area contributed by atoms with Crippen molar-refractivity contribution in [2.45, 2.75) is 45.2 Å². The van der Waals surface area contributed by atoms with Crippen molar-refractivity contribution in [1.82, 2.24) is 20.0 Å². The van der Waals surface area contributed by atoms with Crippen LogP contribution in [0.1, 0.15) is 52.0 Å². The molecule has 3 aliphatic rings. The Morgan fingerprint density at radius 2 is 2.04 bits per heavy atom. The lowest BCUT2D eigenvalue weighted by atomic mass is 9.98. The molecule has 0 aromatic carbocycles. The molecule has 2 atom stereocenters. The number of amides is 1. The monoisotopic (exact) mass is 369 g/mol. The summed E-state index contributed by atoms with van der Waals surface area (Å²) in [5, 5.41) is 3.95. The number of aryl methyl sites for hydroxylation is 2. The van der Waals surface area contributed by atoms with Gasteiger partial charge in [0.25, 0.3) is 5.91 Å². The van der Waals surface area contributed by atoms with E-state index in [1.54, 1.807) is 6.92 Å². The summed E-state index contributed by atoms with van der Waals surface area (Å²) >= 11 is 0. The van der Waals surface area contributed by atoms with Crippen LogP contribution in [0.25, 0.3) is 0 Å². The number of hydrogen-bond donors (Lipinski definition) is 0. The second-order valence-corrected chi connectivity index (χ2v) is 7.53. The summed E-state index contributed by atoms with van der Waals surface area (Å²) < 4.78 is 10.6. The van der Waals surface area contributed by atoms with E-state index in [1.165, 1.54) is 0 Å². The van der Waals surface area contributed by atoms with Gasteiger partial charge in [0.15, 0.2) is 0 Å². The number of carbonyl (C=O) groups is 1. The number of morpholine rings is 1. The Labute approximate surface area is 157 Å². The molecule has 1 amide bonds. The first-order valence-corrected chi connectivity index (χ1v) is 9.57. The molecule has 0 unspecified atom stereocenters. The summed E-state index contributed by atoms with van der Waals surface area (Å²) in [5.41, 5.74) is 3.42. The quantitative estimate of drug-likeness (QED) is 0.798. The standard InChI is InChI=1S/C19H23N5O3/c1-11-17(12(2)27-22-11)18(25)24-13-3-4-16(24)14-10-20-19(21-15(14)9-13)23-5-7-26-8-6-23/h10,13,16H,3-9H2,1-2H3/t13-,16+/m1/s1. The molecule has 8 nitrogen and oxygen atoms in total. The van der Waals surface area contributed by atoms with Gasteiger partial charge in [0.2, 0.25) is 5.95 Å². The first-order chi connectivity index (χ1) is 13.1. The zero-order chi connectivity index (χ0) is 18.5. The molecular formula is C19H23N5O3. The molecule has 0 aliphatic carbocycles. The predicted octanol–water partition coefficient (Wildman–Crippen LogP) is 1.82. The molecule has 0 spiro atoms. The molecule has 2 saturated heterocycles. The summed E-state index contributed by atoms with van der Waals surface area (Å²) in [5.74, 6) is 1.38. The Balaban J connectivity index is 1.46. The van der Waals surface area contributed by atoms with Gasteiger partial charge in [0, 0.05) is 37.3 Å². The number of rotatable bonds is 2. The number of nitrogens with zero attached hydrogens (tertiary/aromatic N) is 5. The second-order valence-electron chi connectivity index (χ2n) is 7.53. The Bertz CT molecular complexity index is 870. The maximum absolute atomic E-state index is 13.3. The van der Waals surface area contributed by atoms with Crippen molar-refractivity contribution in [2.24, 2.45) is 0 Å². The molecule has 27 heavy (non-hydrogen) atoms. The first kappa shape index (κ1) is 16.7. The topological polar surface area (TPSA) is 84.6 Å². The predicted molar refractivity (Wildman–Crippen MR) is 96.7 cm³/mol. The lowest BCUT2D eigenvalue weighted by Crippen LogP contribution is -2.43. The molecule has 2 fully saturated rings. The summed E-state index contributed by atoms with van der Waals surface area (Å²) in [7, 11) is 0. The van der Waals surface area contributed by atoms with Gasteiger partial charge < -0.3 is 19.1 Å². The normalized spacial score (nSPS) is 24.2. The molecule has 142 valence electrons. The average Bonchev–Trinajstić information content (AvgIpc) is 3.19. The number of hydrogen-bond acceptors (Lipinski definition) is 7. The maximum Gasteiger partial charge on any atom is 0.260 e. The maximum atomic E-state index is 13.3. The molecule has 2 aromatic heterocycles. The molecule has 2 bridgehead atoms. The van der Waals surface area contributed by atoms with Crippen molar-refractivity contribution in [1.29, 1.82) is 0 Å². The van der Waals surface area contributed by atoms with Gasteiger partial charge in [-0.3, -0.25) is 4.79 Å². The van der Waals surface area contributed by atoms with Gasteiger partial charge in [-0.05, 0) is 26.7 Å². The SMILES string of the molecule is Cc1noc(C)c1C(=O)N1[C@@H]2CC[C@H]1c1cnc(N3CCOCC3)nc1C2. The molecule has 0 saturated carbocycles. The van der Waals surface area contributed by atoms with E-state index < -0.39 is 0 Å². The molecule has 3 aliphatic heterocycles. The third-order valence-corrected chi connectivity index (χ3v) is 5.95. The Hall–Kier alpha value is -2.48. The van der Waals surface area contributed by atoms with Crippen molar-refractivity contribution in [3.63, 3.8) is 0 Å². The van der Waals surface area contributed by atoms with E-state index in [9.17, 15) is 4.79 Å². The summed E-state index contributed by atoms with van der Waals surface area (Å²) in [6.45, 7) is 6.69. The van der Waals surface area contributed by atoms with E-state index >= 15 is 0 Å². The van der Waals surface area contributed by atoms with Crippen LogP contribution in [0.2, 0.25) is 0 Å². The van der Waals surface area contributed by atoms with Gasteiger partial charge in [-0.25, -0.2) is 9.97 Å². The lowest BCUT2D eigenvalue weighted by Gasteiger charge is -2.36. The van der Waals surface area contributed by atoms with Crippen LogP contribution in [0.15, 0.2) is 10.7 Å². The second kappa shape index (κ2) is 6.30. The van der Waals surface area contributed by atoms with Gasteiger partial charge in [-0.1, -0.05) is 5.16 Å². The highest BCUT2D eigenvalue weighted by atomic mass is 16.5. The van der Waals surface area contributed by atoms with Crippen LogP contribution in [0, 0.1) is 13.8 Å². The number of aromatic nitrogens is 3. The Kier molecular flexibility index (Phi) is 3.89. The molecule has 2 aromatic rings. The fourth-order valence-corrected chi connectivity index (χ4v) is 4.61. The van der Waals surface area contributed by atoms with E-state index in [-0.39, 0.29) is 18.0 Å². The van der Waals surface area contributed by atoms with E-state index in [0.717, 1.165) is 49.6 Å². The minimum Gasteiger partial charge on any atom is -0.378 e. The van der Waals surface area contributed by atoms with E-state index in [0.29, 0.717) is 30.2 Å². The van der Waals surface area contributed by atoms with Crippen molar-refractivity contribution in [3.8, 4) is 0 Å². The fourth-order valence-electron chi connectivity index (χ4n) is 4.61. The summed E-state index contributed by atoms with van der Waals surface area (Å²) in [4.78, 5) is 26.9. The van der Waals surface area contributed by atoms with Crippen LogP contribution in [-0.2, 0) is 11.2 Å². The van der Waals surface area contributed by atoms with Crippen LogP contribution >= 0.6 is 0 Å². The highest BCUT2D eigenvalue weighted by Gasteiger charge is 2.45. The summed E-state index contributed by atoms with van der Waals surface area (Å²) in [6.07, 6.45) is 4.64. The molecule has 8 heteroatoms. The van der Waals surface area contributed by atoms with Gasteiger partial charge in [0.1, 0.15) is 11.3 Å². The smallest absolute Gasteiger partial charge is 0.260 e. The molecule has 0 N–H and O–H groups in total. The van der Waals surface area contributed by atoms with Gasteiger partial charge in [-0.15, -0.1) is 0 Å². The summed E-state index contributed by atoms with van der Waals surface area (Å²) in [6, 6.07) is 0.217. The Morgan fingerprint density at radius 3 is 2.78 bits per heavy atom. The number of ether oxygens (including phenoxy) is 1. The van der Waals surface area contributed by atoms with Crippen LogP contribution < -0.4 is 4.90 Å². The number of carbonyl (C=O) groups excluding carboxylic acids is 1. The zero-order valence-electron chi connectivity index (χ0n) is 15.6. The van der Waals surface area contributed by atoms with E-state index in [1.807, 2.05) is 18.0 Å². The highest BCUT2D eigenvalue weighted by molar-refractivity contribution is 5.97. The average molecular weight is 369 g/mol. The molecule has 0 radical (unpaired) electrons. The zero-order valence-corrected chi connectivity index (χ0v) is 15.6. The van der Waals surface area contributed by atoms with E-state index in [2.05, 4.69) is 15.0 Å². The van der Waals surface area contributed by atoms with Crippen LogP contribution in [0.4, 0.5) is 5.95 Å². The van der Waals surface area contributed by atoms with Crippen LogP contribution in [0.3, 0.4) is 0 Å². The largest absolute Gasteiger partial charge is 0.378 e. The van der Waals surface area contributed by atoms with Crippen molar-refractivity contribution >= 4 is 11.9 Å². The third kappa shape index (κ3) is 2.62. The number of anilines is 1. The minimum atomic E-state index is 0.0154. The Morgan fingerprint density at radius 1 is 1.22 bits per heavy atom. The van der Waals surface area contributed by atoms with Crippen molar-refractivity contribution < 1.29 is 14.1 Å². The van der Waals surface area contributed by atoms with Crippen LogP contribution in [-0.4, -0.2) is 58.3 Å². The molecule has 5 heterocycles. The third-order valence-electron chi connectivity index (χ3n) is 5.95. The van der Waals surface area contributed by atoms with E-state index in [4.69, 9.17) is 14.2 Å². The minimum absolute atomic E-state index is 0.0154. The van der Waals surface area contributed by atoms with Gasteiger partial charge in [0.05, 0.1) is 30.6 Å². The fraction of sp³-hybridized carbons (Fsp3) is 0.579. The first-order valence-electron chi connectivity index (χ1n) is 9.57. The van der Waals surface area contributed by atoms with Crippen molar-refractivity contribution in [3.05, 3.63) is 34.5 Å². The number of fused-ring (bicyclic) bond motifs is 4. The lowest BCUT2D eigenvalue weighted by molar-refractivity contribution is 0.0641. The highest BCUT2D eigenvalue weighted by Crippen LogP contribution is 2.44. The van der Waals surface area contributed by atoms with Gasteiger partial charge in [-0.2, -0.15) is 0 Å².